The first-order valence-corrected chi connectivity index (χ1v) is 5.40. The van der Waals surface area contributed by atoms with Gasteiger partial charge < -0.3 is 10.4 Å². The molecule has 2 atom stereocenters. The maximum atomic E-state index is 9.73. The standard InChI is InChI=1S/C11H25NO/c1-6-12-10(8(2)3)7-11(13)9(4)5/h8-13H,6-7H2,1-5H3. The minimum Gasteiger partial charge on any atom is -0.393 e. The Kier molecular flexibility index (Phi) is 6.35. The van der Waals surface area contributed by atoms with Gasteiger partial charge in [0.05, 0.1) is 6.10 Å². The number of aliphatic hydroxyl groups is 1. The summed E-state index contributed by atoms with van der Waals surface area (Å²) in [7, 11) is 0. The largest absolute Gasteiger partial charge is 0.393 e. The molecule has 0 bridgehead atoms. The van der Waals surface area contributed by atoms with E-state index in [4.69, 9.17) is 0 Å². The average molecular weight is 187 g/mol. The monoisotopic (exact) mass is 187 g/mol. The molecule has 0 aromatic rings. The van der Waals surface area contributed by atoms with Crippen LogP contribution in [0.1, 0.15) is 41.0 Å². The lowest BCUT2D eigenvalue weighted by molar-refractivity contribution is 0.0965. The van der Waals surface area contributed by atoms with E-state index in [-0.39, 0.29) is 6.10 Å². The van der Waals surface area contributed by atoms with Crippen LogP contribution < -0.4 is 5.32 Å². The molecule has 0 radical (unpaired) electrons. The second kappa shape index (κ2) is 6.39. The van der Waals surface area contributed by atoms with Gasteiger partial charge in [-0.15, -0.1) is 0 Å². The maximum Gasteiger partial charge on any atom is 0.0578 e. The summed E-state index contributed by atoms with van der Waals surface area (Å²) in [5.74, 6) is 0.952. The minimum absolute atomic E-state index is 0.175. The fourth-order valence-corrected chi connectivity index (χ4v) is 1.39. The Hall–Kier alpha value is -0.0800. The van der Waals surface area contributed by atoms with Crippen LogP contribution >= 0.6 is 0 Å². The predicted molar refractivity (Wildman–Crippen MR) is 57.8 cm³/mol. The van der Waals surface area contributed by atoms with E-state index in [9.17, 15) is 5.11 Å². The van der Waals surface area contributed by atoms with E-state index in [2.05, 4.69) is 39.9 Å². The van der Waals surface area contributed by atoms with E-state index < -0.39 is 0 Å². The van der Waals surface area contributed by atoms with E-state index in [0.717, 1.165) is 13.0 Å². The van der Waals surface area contributed by atoms with Gasteiger partial charge in [-0.25, -0.2) is 0 Å². The van der Waals surface area contributed by atoms with Crippen molar-refractivity contribution in [3.8, 4) is 0 Å². The lowest BCUT2D eigenvalue weighted by Gasteiger charge is -2.26. The van der Waals surface area contributed by atoms with Gasteiger partial charge in [0.15, 0.2) is 0 Å². The molecule has 0 amide bonds. The third-order valence-corrected chi connectivity index (χ3v) is 2.54. The van der Waals surface area contributed by atoms with Crippen LogP contribution in [-0.2, 0) is 0 Å². The molecule has 2 N–H and O–H groups in total. The molecular weight excluding hydrogens is 162 g/mol. The Morgan fingerprint density at radius 3 is 1.92 bits per heavy atom. The van der Waals surface area contributed by atoms with E-state index >= 15 is 0 Å². The van der Waals surface area contributed by atoms with Gasteiger partial charge in [-0.05, 0) is 24.8 Å². The molecule has 0 rings (SSSR count). The summed E-state index contributed by atoms with van der Waals surface area (Å²) in [6, 6.07) is 0.447. The molecule has 0 saturated carbocycles. The lowest BCUT2D eigenvalue weighted by Crippen LogP contribution is -2.38. The molecule has 0 aromatic carbocycles. The molecule has 0 heterocycles. The molecule has 0 fully saturated rings. The second-order valence-electron chi connectivity index (χ2n) is 4.46. The maximum absolute atomic E-state index is 9.73. The highest BCUT2D eigenvalue weighted by Gasteiger charge is 2.18. The lowest BCUT2D eigenvalue weighted by atomic mass is 9.93. The average Bonchev–Trinajstić information content (AvgIpc) is 2.03. The van der Waals surface area contributed by atoms with E-state index in [1.807, 2.05) is 0 Å². The summed E-state index contributed by atoms with van der Waals surface area (Å²) >= 11 is 0. The van der Waals surface area contributed by atoms with Crippen molar-refractivity contribution in [1.29, 1.82) is 0 Å². The van der Waals surface area contributed by atoms with Crippen LogP contribution in [0.4, 0.5) is 0 Å². The molecule has 2 nitrogen and oxygen atoms in total. The third-order valence-electron chi connectivity index (χ3n) is 2.54. The van der Waals surface area contributed by atoms with Crippen molar-refractivity contribution >= 4 is 0 Å². The molecule has 80 valence electrons. The van der Waals surface area contributed by atoms with E-state index in [1.54, 1.807) is 0 Å². The van der Waals surface area contributed by atoms with Gasteiger partial charge in [-0.1, -0.05) is 34.6 Å². The zero-order valence-corrected chi connectivity index (χ0v) is 9.67. The molecule has 0 saturated heterocycles. The molecule has 0 aliphatic heterocycles. The summed E-state index contributed by atoms with van der Waals surface area (Å²) in [6.45, 7) is 11.6. The van der Waals surface area contributed by atoms with Crippen molar-refractivity contribution in [2.45, 2.75) is 53.2 Å². The van der Waals surface area contributed by atoms with Crippen LogP contribution in [0.2, 0.25) is 0 Å². The summed E-state index contributed by atoms with van der Waals surface area (Å²) in [5.41, 5.74) is 0. The zero-order chi connectivity index (χ0) is 10.4. The number of hydrogen-bond donors (Lipinski definition) is 2. The van der Waals surface area contributed by atoms with Gasteiger partial charge in [-0.3, -0.25) is 0 Å². The molecule has 2 unspecified atom stereocenters. The Morgan fingerprint density at radius 1 is 1.08 bits per heavy atom. The van der Waals surface area contributed by atoms with Crippen LogP contribution in [-0.4, -0.2) is 23.8 Å². The highest BCUT2D eigenvalue weighted by molar-refractivity contribution is 4.75. The van der Waals surface area contributed by atoms with Crippen LogP contribution in [0.25, 0.3) is 0 Å². The molecular formula is C11H25NO. The molecule has 13 heavy (non-hydrogen) atoms. The molecule has 0 spiro atoms. The first-order valence-electron chi connectivity index (χ1n) is 5.40. The van der Waals surface area contributed by atoms with Crippen molar-refractivity contribution in [2.24, 2.45) is 11.8 Å². The SMILES string of the molecule is CCNC(CC(O)C(C)C)C(C)C. The molecule has 0 aliphatic carbocycles. The quantitative estimate of drug-likeness (QED) is 0.667. The summed E-state index contributed by atoms with van der Waals surface area (Å²) in [4.78, 5) is 0. The van der Waals surface area contributed by atoms with Crippen LogP contribution in [0.5, 0.6) is 0 Å². The fourth-order valence-electron chi connectivity index (χ4n) is 1.39. The Morgan fingerprint density at radius 2 is 1.62 bits per heavy atom. The number of aliphatic hydroxyl groups excluding tert-OH is 1. The number of hydrogen-bond acceptors (Lipinski definition) is 2. The smallest absolute Gasteiger partial charge is 0.0578 e. The summed E-state index contributed by atoms with van der Waals surface area (Å²) < 4.78 is 0. The summed E-state index contributed by atoms with van der Waals surface area (Å²) in [5, 5.41) is 13.1. The zero-order valence-electron chi connectivity index (χ0n) is 9.67. The first kappa shape index (κ1) is 12.9. The second-order valence-corrected chi connectivity index (χ2v) is 4.46. The normalized spacial score (nSPS) is 16.6. The minimum atomic E-state index is -0.175. The predicted octanol–water partition coefficient (Wildman–Crippen LogP) is 2.03. The van der Waals surface area contributed by atoms with Crippen molar-refractivity contribution in [3.05, 3.63) is 0 Å². The Balaban J connectivity index is 3.94. The highest BCUT2D eigenvalue weighted by Crippen LogP contribution is 2.13. The number of rotatable bonds is 6. The Labute approximate surface area is 82.7 Å². The van der Waals surface area contributed by atoms with Crippen LogP contribution in [0.15, 0.2) is 0 Å². The van der Waals surface area contributed by atoms with Crippen molar-refractivity contribution < 1.29 is 5.11 Å². The van der Waals surface area contributed by atoms with Gasteiger partial charge in [0.25, 0.3) is 0 Å². The fraction of sp³-hybridized carbons (Fsp3) is 1.00. The van der Waals surface area contributed by atoms with E-state index in [1.165, 1.54) is 0 Å². The van der Waals surface area contributed by atoms with Gasteiger partial charge in [0, 0.05) is 6.04 Å². The molecule has 2 heteroatoms. The summed E-state index contributed by atoms with van der Waals surface area (Å²) in [6.07, 6.45) is 0.690. The van der Waals surface area contributed by atoms with E-state index in [0.29, 0.717) is 17.9 Å². The third kappa shape index (κ3) is 5.27. The first-order chi connectivity index (χ1) is 5.99. The van der Waals surface area contributed by atoms with Crippen molar-refractivity contribution in [1.82, 2.24) is 5.32 Å². The van der Waals surface area contributed by atoms with Gasteiger partial charge in [-0.2, -0.15) is 0 Å². The van der Waals surface area contributed by atoms with Gasteiger partial charge >= 0.3 is 0 Å². The van der Waals surface area contributed by atoms with Crippen molar-refractivity contribution in [2.75, 3.05) is 6.54 Å². The topological polar surface area (TPSA) is 32.3 Å². The van der Waals surface area contributed by atoms with Gasteiger partial charge in [0.1, 0.15) is 0 Å². The van der Waals surface area contributed by atoms with Gasteiger partial charge in [0.2, 0.25) is 0 Å². The highest BCUT2D eigenvalue weighted by atomic mass is 16.3. The molecule has 0 aliphatic rings. The van der Waals surface area contributed by atoms with Crippen molar-refractivity contribution in [3.63, 3.8) is 0 Å². The van der Waals surface area contributed by atoms with Crippen LogP contribution in [0.3, 0.4) is 0 Å². The van der Waals surface area contributed by atoms with Crippen LogP contribution in [0, 0.1) is 11.8 Å². The Bertz CT molecular complexity index is 123. The number of nitrogens with one attached hydrogen (secondary N) is 1. The molecule has 0 aromatic heterocycles.